The molecule has 1 N–H and O–H groups in total. The molecule has 0 bridgehead atoms. The summed E-state index contributed by atoms with van der Waals surface area (Å²) in [7, 11) is 0. The van der Waals surface area contributed by atoms with Crippen molar-refractivity contribution in [2.24, 2.45) is 0 Å². The van der Waals surface area contributed by atoms with Gasteiger partial charge >= 0.3 is 0 Å². The van der Waals surface area contributed by atoms with Gasteiger partial charge in [0.1, 0.15) is 23.2 Å². The molecular weight excluding hydrogens is 346 g/mol. The first-order valence-electron chi connectivity index (χ1n) is 7.89. The molecule has 0 fully saturated rings. The zero-order valence-corrected chi connectivity index (χ0v) is 14.0. The summed E-state index contributed by atoms with van der Waals surface area (Å²) < 4.78 is 5.66. The Balaban J connectivity index is 1.79. The maximum atomic E-state index is 12.3. The van der Waals surface area contributed by atoms with Gasteiger partial charge in [0, 0.05) is 29.5 Å². The Morgan fingerprint density at radius 2 is 1.89 bits per heavy atom. The first-order valence-corrected chi connectivity index (χ1v) is 7.89. The Labute approximate surface area is 154 Å². The lowest BCUT2D eigenvalue weighted by molar-refractivity contribution is -0.384. The molecular formula is C20H13N3O4. The van der Waals surface area contributed by atoms with Crippen molar-refractivity contribution in [1.82, 2.24) is 0 Å². The van der Waals surface area contributed by atoms with Crippen LogP contribution in [-0.4, -0.2) is 10.8 Å². The number of anilines is 1. The highest BCUT2D eigenvalue weighted by Crippen LogP contribution is 2.23. The molecule has 7 heteroatoms. The molecule has 1 aromatic heterocycles. The number of carbonyl (C=O) groups is 1. The molecule has 2 aromatic carbocycles. The second-order valence-electron chi connectivity index (χ2n) is 5.50. The zero-order chi connectivity index (χ0) is 19.2. The van der Waals surface area contributed by atoms with E-state index in [9.17, 15) is 20.2 Å². The minimum atomic E-state index is -0.685. The molecule has 3 aromatic rings. The molecule has 0 saturated heterocycles. The number of hydrogen-bond acceptors (Lipinski definition) is 5. The van der Waals surface area contributed by atoms with Gasteiger partial charge in [0.2, 0.25) is 0 Å². The van der Waals surface area contributed by atoms with Crippen LogP contribution in [-0.2, 0) is 4.79 Å². The average molecular weight is 359 g/mol. The number of hydrogen-bond donors (Lipinski definition) is 1. The van der Waals surface area contributed by atoms with Crippen LogP contribution in [0.15, 0.2) is 76.7 Å². The van der Waals surface area contributed by atoms with Gasteiger partial charge in [-0.3, -0.25) is 14.9 Å². The Morgan fingerprint density at radius 3 is 2.59 bits per heavy atom. The average Bonchev–Trinajstić information content (AvgIpc) is 3.15. The lowest BCUT2D eigenvalue weighted by Gasteiger charge is -2.03. The van der Waals surface area contributed by atoms with Gasteiger partial charge < -0.3 is 9.73 Å². The number of nitrogens with zero attached hydrogens (tertiary/aromatic N) is 2. The number of benzene rings is 2. The number of non-ortho nitro benzene ring substituents is 1. The van der Waals surface area contributed by atoms with Gasteiger partial charge in [-0.05, 0) is 18.2 Å². The van der Waals surface area contributed by atoms with E-state index in [4.69, 9.17) is 4.42 Å². The van der Waals surface area contributed by atoms with E-state index in [2.05, 4.69) is 5.32 Å². The van der Waals surface area contributed by atoms with Crippen molar-refractivity contribution in [3.8, 4) is 17.4 Å². The topological polar surface area (TPSA) is 109 Å². The maximum Gasteiger partial charge on any atom is 0.271 e. The lowest BCUT2D eigenvalue weighted by Crippen LogP contribution is -2.13. The van der Waals surface area contributed by atoms with Crippen LogP contribution in [0.3, 0.4) is 0 Å². The number of carbonyl (C=O) groups excluding carboxylic acids is 1. The van der Waals surface area contributed by atoms with Crippen molar-refractivity contribution < 1.29 is 14.1 Å². The molecule has 7 nitrogen and oxygen atoms in total. The number of furan rings is 1. The van der Waals surface area contributed by atoms with E-state index in [1.54, 1.807) is 12.1 Å². The largest absolute Gasteiger partial charge is 0.457 e. The number of nitro groups is 1. The quantitative estimate of drug-likeness (QED) is 0.314. The molecule has 0 aliphatic rings. The molecule has 3 rings (SSSR count). The monoisotopic (exact) mass is 359 g/mol. The van der Waals surface area contributed by atoms with Crippen LogP contribution in [0.25, 0.3) is 17.4 Å². The number of amides is 1. The molecule has 0 aliphatic carbocycles. The second kappa shape index (κ2) is 7.80. The van der Waals surface area contributed by atoms with Gasteiger partial charge in [-0.2, -0.15) is 5.26 Å². The first kappa shape index (κ1) is 17.6. The van der Waals surface area contributed by atoms with Crippen molar-refractivity contribution in [1.29, 1.82) is 5.26 Å². The third kappa shape index (κ3) is 4.27. The lowest BCUT2D eigenvalue weighted by atomic mass is 10.2. The fourth-order valence-corrected chi connectivity index (χ4v) is 2.37. The predicted molar refractivity (Wildman–Crippen MR) is 99.5 cm³/mol. The molecule has 0 unspecified atom stereocenters. The Bertz CT molecular complexity index is 1060. The fraction of sp³-hybridized carbons (Fsp3) is 0. The van der Waals surface area contributed by atoms with E-state index in [0.29, 0.717) is 11.5 Å². The van der Waals surface area contributed by atoms with Crippen LogP contribution >= 0.6 is 0 Å². The standard InChI is InChI=1S/C20H13N3O4/c21-13-15(20(24)22-16-7-4-8-17(12-16)23(25)26)11-18-9-10-19(27-18)14-5-2-1-3-6-14/h1-12H,(H,22,24)/b15-11-. The number of rotatable bonds is 5. The van der Waals surface area contributed by atoms with Crippen molar-refractivity contribution in [3.05, 3.63) is 88.2 Å². The third-order valence-electron chi connectivity index (χ3n) is 3.65. The summed E-state index contributed by atoms with van der Waals surface area (Å²) in [6.07, 6.45) is 1.32. The highest BCUT2D eigenvalue weighted by atomic mass is 16.6. The van der Waals surface area contributed by atoms with Crippen LogP contribution in [0, 0.1) is 21.4 Å². The van der Waals surface area contributed by atoms with E-state index in [0.717, 1.165) is 5.56 Å². The van der Waals surface area contributed by atoms with E-state index in [-0.39, 0.29) is 16.9 Å². The summed E-state index contributed by atoms with van der Waals surface area (Å²) in [5.74, 6) is 0.272. The van der Waals surface area contributed by atoms with Crippen molar-refractivity contribution in [2.75, 3.05) is 5.32 Å². The van der Waals surface area contributed by atoms with Gasteiger partial charge in [0.15, 0.2) is 0 Å². The van der Waals surface area contributed by atoms with Crippen LogP contribution in [0.2, 0.25) is 0 Å². The summed E-state index contributed by atoms with van der Waals surface area (Å²) in [5.41, 5.74) is 0.751. The molecule has 132 valence electrons. The molecule has 0 saturated carbocycles. The minimum Gasteiger partial charge on any atom is -0.457 e. The molecule has 0 spiro atoms. The van der Waals surface area contributed by atoms with Crippen LogP contribution in [0.4, 0.5) is 11.4 Å². The maximum absolute atomic E-state index is 12.3. The second-order valence-corrected chi connectivity index (χ2v) is 5.50. The summed E-state index contributed by atoms with van der Waals surface area (Å²) in [4.78, 5) is 22.5. The van der Waals surface area contributed by atoms with E-state index >= 15 is 0 Å². The number of nitriles is 1. The van der Waals surface area contributed by atoms with Crippen LogP contribution < -0.4 is 5.32 Å². The molecule has 1 heterocycles. The summed E-state index contributed by atoms with van der Waals surface area (Å²) in [6.45, 7) is 0. The first-order chi connectivity index (χ1) is 13.1. The van der Waals surface area contributed by atoms with E-state index in [1.165, 1.54) is 30.3 Å². The number of nitro benzene ring substituents is 1. The van der Waals surface area contributed by atoms with Crippen molar-refractivity contribution in [2.45, 2.75) is 0 Å². The normalized spacial score (nSPS) is 10.9. The summed E-state index contributed by atoms with van der Waals surface area (Å²) in [6, 6.07) is 20.1. The smallest absolute Gasteiger partial charge is 0.271 e. The molecule has 27 heavy (non-hydrogen) atoms. The van der Waals surface area contributed by atoms with Gasteiger partial charge in [0.05, 0.1) is 4.92 Å². The van der Waals surface area contributed by atoms with Gasteiger partial charge in [-0.1, -0.05) is 36.4 Å². The fourth-order valence-electron chi connectivity index (χ4n) is 2.37. The minimum absolute atomic E-state index is 0.158. The third-order valence-corrected chi connectivity index (χ3v) is 3.65. The van der Waals surface area contributed by atoms with Gasteiger partial charge in [-0.15, -0.1) is 0 Å². The highest BCUT2D eigenvalue weighted by Gasteiger charge is 2.13. The highest BCUT2D eigenvalue weighted by molar-refractivity contribution is 6.09. The van der Waals surface area contributed by atoms with Gasteiger partial charge in [-0.25, -0.2) is 0 Å². The Kier molecular flexibility index (Phi) is 5.10. The van der Waals surface area contributed by atoms with Crippen molar-refractivity contribution in [3.63, 3.8) is 0 Å². The zero-order valence-electron chi connectivity index (χ0n) is 14.0. The van der Waals surface area contributed by atoms with Crippen molar-refractivity contribution >= 4 is 23.4 Å². The molecule has 0 atom stereocenters. The summed E-state index contributed by atoms with van der Waals surface area (Å²) in [5, 5.41) is 22.6. The predicted octanol–water partition coefficient (Wildman–Crippen LogP) is 4.40. The SMILES string of the molecule is N#C/C(=C/c1ccc(-c2ccccc2)o1)C(=O)Nc1cccc([N+](=O)[O-])c1. The van der Waals surface area contributed by atoms with Crippen LogP contribution in [0.1, 0.15) is 5.76 Å². The van der Waals surface area contributed by atoms with E-state index < -0.39 is 10.8 Å². The number of nitrogens with one attached hydrogen (secondary N) is 1. The molecule has 0 aliphatic heterocycles. The van der Waals surface area contributed by atoms with Gasteiger partial charge in [0.25, 0.3) is 11.6 Å². The summed E-state index contributed by atoms with van der Waals surface area (Å²) >= 11 is 0. The molecule has 0 radical (unpaired) electrons. The Hall–Kier alpha value is -4.18. The van der Waals surface area contributed by atoms with E-state index in [1.807, 2.05) is 36.4 Å². The van der Waals surface area contributed by atoms with Crippen LogP contribution in [0.5, 0.6) is 0 Å². The Morgan fingerprint density at radius 1 is 1.11 bits per heavy atom. The molecule has 1 amide bonds.